The van der Waals surface area contributed by atoms with Crippen LogP contribution in [-0.4, -0.2) is 10.9 Å². The molecule has 1 heterocycles. The minimum absolute atomic E-state index is 0.0136. The molecular formula is C18H16N2OS. The van der Waals surface area contributed by atoms with E-state index >= 15 is 0 Å². The summed E-state index contributed by atoms with van der Waals surface area (Å²) in [6.45, 7) is 1.83. The van der Waals surface area contributed by atoms with E-state index in [1.54, 1.807) is 0 Å². The fourth-order valence-electron chi connectivity index (χ4n) is 2.14. The molecule has 0 saturated carbocycles. The number of nitrogens with one attached hydrogen (secondary N) is 1. The first-order chi connectivity index (χ1) is 10.8. The van der Waals surface area contributed by atoms with E-state index in [2.05, 4.69) is 46.7 Å². The van der Waals surface area contributed by atoms with E-state index in [-0.39, 0.29) is 5.91 Å². The molecule has 110 valence electrons. The number of carbonyl (C=O) groups excluding carboxylic acids is 1. The maximum atomic E-state index is 11.4. The molecule has 0 aliphatic rings. The molecule has 0 atom stereocenters. The first kappa shape index (κ1) is 14.5. The lowest BCUT2D eigenvalue weighted by atomic mass is 10.0. The third kappa shape index (κ3) is 3.23. The summed E-state index contributed by atoms with van der Waals surface area (Å²) in [6, 6.07) is 18.6. The highest BCUT2D eigenvalue weighted by Crippen LogP contribution is 2.27. The van der Waals surface area contributed by atoms with Crippen molar-refractivity contribution in [2.45, 2.75) is 13.3 Å². The monoisotopic (exact) mass is 308 g/mol. The van der Waals surface area contributed by atoms with Crippen molar-refractivity contribution < 1.29 is 4.79 Å². The van der Waals surface area contributed by atoms with Crippen molar-refractivity contribution in [3.05, 3.63) is 60.0 Å². The maximum Gasteiger partial charge on any atom is 0.225 e. The van der Waals surface area contributed by atoms with Gasteiger partial charge >= 0.3 is 0 Å². The van der Waals surface area contributed by atoms with E-state index in [0.717, 1.165) is 11.3 Å². The summed E-state index contributed by atoms with van der Waals surface area (Å²) in [7, 11) is 0. The lowest BCUT2D eigenvalue weighted by Crippen LogP contribution is -2.08. The lowest BCUT2D eigenvalue weighted by Gasteiger charge is -2.03. The highest BCUT2D eigenvalue weighted by molar-refractivity contribution is 7.14. The topological polar surface area (TPSA) is 42.0 Å². The molecule has 0 bridgehead atoms. The molecule has 0 radical (unpaired) electrons. The van der Waals surface area contributed by atoms with E-state index < -0.39 is 0 Å². The molecule has 4 heteroatoms. The van der Waals surface area contributed by atoms with Crippen molar-refractivity contribution in [2.75, 3.05) is 5.32 Å². The Morgan fingerprint density at radius 2 is 1.64 bits per heavy atom. The number of amides is 1. The Labute approximate surface area is 133 Å². The van der Waals surface area contributed by atoms with E-state index in [1.807, 2.05) is 30.5 Å². The zero-order valence-corrected chi connectivity index (χ0v) is 13.1. The normalized spacial score (nSPS) is 10.4. The Balaban J connectivity index is 1.80. The van der Waals surface area contributed by atoms with Gasteiger partial charge in [0.15, 0.2) is 5.13 Å². The van der Waals surface area contributed by atoms with Gasteiger partial charge in [0, 0.05) is 17.4 Å². The van der Waals surface area contributed by atoms with E-state index in [0.29, 0.717) is 11.6 Å². The zero-order chi connectivity index (χ0) is 15.4. The second-order valence-electron chi connectivity index (χ2n) is 4.88. The number of rotatable bonds is 4. The molecule has 1 N–H and O–H groups in total. The highest BCUT2D eigenvalue weighted by atomic mass is 32.1. The van der Waals surface area contributed by atoms with Crippen LogP contribution in [0.2, 0.25) is 0 Å². The maximum absolute atomic E-state index is 11.4. The molecule has 0 aliphatic carbocycles. The summed E-state index contributed by atoms with van der Waals surface area (Å²) in [5.41, 5.74) is 4.31. The van der Waals surface area contributed by atoms with Crippen molar-refractivity contribution >= 4 is 22.4 Å². The van der Waals surface area contributed by atoms with Gasteiger partial charge in [0.2, 0.25) is 5.91 Å². The molecule has 1 amide bonds. The molecule has 0 aliphatic heterocycles. The number of benzene rings is 2. The van der Waals surface area contributed by atoms with Crippen LogP contribution in [0.5, 0.6) is 0 Å². The number of carbonyl (C=O) groups is 1. The van der Waals surface area contributed by atoms with Gasteiger partial charge in [0.05, 0.1) is 5.69 Å². The second-order valence-corrected chi connectivity index (χ2v) is 5.74. The summed E-state index contributed by atoms with van der Waals surface area (Å²) in [5.74, 6) is -0.0136. The van der Waals surface area contributed by atoms with Crippen LogP contribution in [0.25, 0.3) is 22.4 Å². The molecule has 2 aromatic carbocycles. The fraction of sp³-hybridized carbons (Fsp3) is 0.111. The highest BCUT2D eigenvalue weighted by Gasteiger charge is 2.07. The Morgan fingerprint density at radius 3 is 2.32 bits per heavy atom. The lowest BCUT2D eigenvalue weighted by molar-refractivity contribution is -0.115. The van der Waals surface area contributed by atoms with Gasteiger partial charge in [-0.2, -0.15) is 0 Å². The van der Waals surface area contributed by atoms with Crippen LogP contribution in [-0.2, 0) is 4.79 Å². The third-order valence-corrected chi connectivity index (χ3v) is 4.12. The molecule has 0 saturated heterocycles. The molecule has 22 heavy (non-hydrogen) atoms. The van der Waals surface area contributed by atoms with Crippen LogP contribution < -0.4 is 5.32 Å². The van der Waals surface area contributed by atoms with Gasteiger partial charge in [-0.05, 0) is 11.1 Å². The molecule has 3 aromatic rings. The minimum Gasteiger partial charge on any atom is -0.302 e. The van der Waals surface area contributed by atoms with Crippen LogP contribution in [0, 0.1) is 0 Å². The van der Waals surface area contributed by atoms with E-state index in [4.69, 9.17) is 0 Å². The fourth-order valence-corrected chi connectivity index (χ4v) is 2.87. The van der Waals surface area contributed by atoms with Crippen LogP contribution in [0.15, 0.2) is 60.0 Å². The summed E-state index contributed by atoms with van der Waals surface area (Å²) < 4.78 is 0. The van der Waals surface area contributed by atoms with Gasteiger partial charge < -0.3 is 5.32 Å². The number of nitrogens with zero attached hydrogens (tertiary/aromatic N) is 1. The van der Waals surface area contributed by atoms with Crippen LogP contribution in [0.4, 0.5) is 5.13 Å². The zero-order valence-electron chi connectivity index (χ0n) is 12.2. The van der Waals surface area contributed by atoms with Crippen LogP contribution >= 0.6 is 11.3 Å². The van der Waals surface area contributed by atoms with Gasteiger partial charge in [0.25, 0.3) is 0 Å². The Morgan fingerprint density at radius 1 is 1.00 bits per heavy atom. The largest absolute Gasteiger partial charge is 0.302 e. The predicted octanol–water partition coefficient (Wildman–Crippen LogP) is 4.83. The van der Waals surface area contributed by atoms with Gasteiger partial charge in [-0.25, -0.2) is 4.98 Å². The number of aromatic nitrogens is 1. The average molecular weight is 308 g/mol. The van der Waals surface area contributed by atoms with Crippen molar-refractivity contribution in [3.63, 3.8) is 0 Å². The minimum atomic E-state index is -0.0136. The quantitative estimate of drug-likeness (QED) is 0.750. The van der Waals surface area contributed by atoms with Crippen molar-refractivity contribution in [2.24, 2.45) is 0 Å². The smallest absolute Gasteiger partial charge is 0.225 e. The summed E-state index contributed by atoms with van der Waals surface area (Å²) in [5, 5.41) is 5.40. The molecule has 3 nitrogen and oxygen atoms in total. The standard InChI is InChI=1S/C18H16N2OS/c1-2-17(21)20-18-19-16(12-22-18)15-10-8-14(9-11-15)13-6-4-3-5-7-13/h3-12H,2H2,1H3,(H,19,20,21). The van der Waals surface area contributed by atoms with Crippen LogP contribution in [0.3, 0.4) is 0 Å². The first-order valence-electron chi connectivity index (χ1n) is 7.17. The molecule has 0 unspecified atom stereocenters. The van der Waals surface area contributed by atoms with E-state index in [9.17, 15) is 4.79 Å². The molecular weight excluding hydrogens is 292 g/mol. The number of hydrogen-bond donors (Lipinski definition) is 1. The van der Waals surface area contributed by atoms with Gasteiger partial charge in [-0.3, -0.25) is 4.79 Å². The number of anilines is 1. The summed E-state index contributed by atoms with van der Waals surface area (Å²) in [4.78, 5) is 15.8. The molecule has 1 aromatic heterocycles. The number of hydrogen-bond acceptors (Lipinski definition) is 3. The Kier molecular flexibility index (Phi) is 4.30. The first-order valence-corrected chi connectivity index (χ1v) is 8.05. The SMILES string of the molecule is CCC(=O)Nc1nc(-c2ccc(-c3ccccc3)cc2)cs1. The van der Waals surface area contributed by atoms with Gasteiger partial charge in [-0.15, -0.1) is 11.3 Å². The van der Waals surface area contributed by atoms with Crippen molar-refractivity contribution in [3.8, 4) is 22.4 Å². The third-order valence-electron chi connectivity index (χ3n) is 3.36. The molecule has 3 rings (SSSR count). The summed E-state index contributed by atoms with van der Waals surface area (Å²) in [6.07, 6.45) is 0.459. The molecule has 0 spiro atoms. The van der Waals surface area contributed by atoms with Crippen molar-refractivity contribution in [1.29, 1.82) is 0 Å². The summed E-state index contributed by atoms with van der Waals surface area (Å²) >= 11 is 1.45. The predicted molar refractivity (Wildman–Crippen MR) is 91.9 cm³/mol. The Hall–Kier alpha value is -2.46. The van der Waals surface area contributed by atoms with Crippen LogP contribution in [0.1, 0.15) is 13.3 Å². The average Bonchev–Trinajstić information content (AvgIpc) is 3.04. The van der Waals surface area contributed by atoms with E-state index in [1.165, 1.54) is 22.5 Å². The second kappa shape index (κ2) is 6.54. The number of thiazole rings is 1. The van der Waals surface area contributed by atoms with Crippen molar-refractivity contribution in [1.82, 2.24) is 4.98 Å². The van der Waals surface area contributed by atoms with Gasteiger partial charge in [-0.1, -0.05) is 61.5 Å². The molecule has 0 fully saturated rings. The van der Waals surface area contributed by atoms with Gasteiger partial charge in [0.1, 0.15) is 0 Å². The Bertz CT molecular complexity index is 763.